The first kappa shape index (κ1) is 15.5. The summed E-state index contributed by atoms with van der Waals surface area (Å²) in [6, 6.07) is 13.8. The molecule has 0 saturated carbocycles. The predicted octanol–water partition coefficient (Wildman–Crippen LogP) is 3.44. The lowest BCUT2D eigenvalue weighted by molar-refractivity contribution is 0.0342. The SMILES string of the molecule is COc1ccc(C(N)C(C)OCc2ccccc2F)cc1. The van der Waals surface area contributed by atoms with Gasteiger partial charge in [0.1, 0.15) is 11.6 Å². The van der Waals surface area contributed by atoms with Gasteiger partial charge in [0, 0.05) is 5.56 Å². The van der Waals surface area contributed by atoms with E-state index in [4.69, 9.17) is 15.2 Å². The molecule has 2 unspecified atom stereocenters. The van der Waals surface area contributed by atoms with Gasteiger partial charge in [0.2, 0.25) is 0 Å². The van der Waals surface area contributed by atoms with Crippen molar-refractivity contribution in [3.8, 4) is 5.75 Å². The second kappa shape index (κ2) is 7.20. The average Bonchev–Trinajstić information content (AvgIpc) is 2.53. The van der Waals surface area contributed by atoms with Gasteiger partial charge in [0.05, 0.1) is 25.9 Å². The Morgan fingerprint density at radius 2 is 1.76 bits per heavy atom. The predicted molar refractivity (Wildman–Crippen MR) is 80.6 cm³/mol. The van der Waals surface area contributed by atoms with Crippen LogP contribution in [0.2, 0.25) is 0 Å². The summed E-state index contributed by atoms with van der Waals surface area (Å²) in [6.07, 6.45) is -0.224. The van der Waals surface area contributed by atoms with Crippen molar-refractivity contribution in [3.05, 3.63) is 65.5 Å². The molecule has 2 aromatic carbocycles. The molecule has 4 heteroatoms. The quantitative estimate of drug-likeness (QED) is 0.886. The van der Waals surface area contributed by atoms with Crippen molar-refractivity contribution in [1.82, 2.24) is 0 Å². The molecule has 0 aromatic heterocycles. The molecule has 3 nitrogen and oxygen atoms in total. The van der Waals surface area contributed by atoms with E-state index in [2.05, 4.69) is 0 Å². The fourth-order valence-electron chi connectivity index (χ4n) is 2.04. The highest BCUT2D eigenvalue weighted by Gasteiger charge is 2.16. The molecule has 2 N–H and O–H groups in total. The van der Waals surface area contributed by atoms with Gasteiger partial charge in [-0.15, -0.1) is 0 Å². The molecule has 0 fully saturated rings. The Morgan fingerprint density at radius 1 is 1.10 bits per heavy atom. The Labute approximate surface area is 124 Å². The average molecular weight is 289 g/mol. The zero-order valence-corrected chi connectivity index (χ0v) is 12.3. The van der Waals surface area contributed by atoms with E-state index in [1.165, 1.54) is 6.07 Å². The lowest BCUT2D eigenvalue weighted by Crippen LogP contribution is -2.26. The van der Waals surface area contributed by atoms with Crippen molar-refractivity contribution in [1.29, 1.82) is 0 Å². The molecule has 0 bridgehead atoms. The largest absolute Gasteiger partial charge is 0.497 e. The van der Waals surface area contributed by atoms with Crippen molar-refractivity contribution in [2.75, 3.05) is 7.11 Å². The number of benzene rings is 2. The van der Waals surface area contributed by atoms with E-state index in [1.807, 2.05) is 31.2 Å². The zero-order valence-electron chi connectivity index (χ0n) is 12.3. The molecule has 0 saturated heterocycles. The summed E-state index contributed by atoms with van der Waals surface area (Å²) in [5, 5.41) is 0. The summed E-state index contributed by atoms with van der Waals surface area (Å²) >= 11 is 0. The molecule has 0 aliphatic heterocycles. The first-order valence-electron chi connectivity index (χ1n) is 6.86. The van der Waals surface area contributed by atoms with Crippen LogP contribution in [0.25, 0.3) is 0 Å². The smallest absolute Gasteiger partial charge is 0.128 e. The molecular weight excluding hydrogens is 269 g/mol. The maximum absolute atomic E-state index is 13.5. The third kappa shape index (κ3) is 4.03. The highest BCUT2D eigenvalue weighted by Crippen LogP contribution is 2.21. The van der Waals surface area contributed by atoms with Gasteiger partial charge >= 0.3 is 0 Å². The summed E-state index contributed by atoms with van der Waals surface area (Å²) in [4.78, 5) is 0. The molecule has 112 valence electrons. The van der Waals surface area contributed by atoms with Crippen LogP contribution in [0.15, 0.2) is 48.5 Å². The Morgan fingerprint density at radius 3 is 2.38 bits per heavy atom. The Kier molecular flexibility index (Phi) is 5.31. The number of rotatable bonds is 6. The Hall–Kier alpha value is -1.91. The monoisotopic (exact) mass is 289 g/mol. The third-order valence-corrected chi connectivity index (χ3v) is 3.47. The van der Waals surface area contributed by atoms with Crippen molar-refractivity contribution in [2.45, 2.75) is 25.7 Å². The van der Waals surface area contributed by atoms with E-state index in [1.54, 1.807) is 25.3 Å². The minimum Gasteiger partial charge on any atom is -0.497 e. The summed E-state index contributed by atoms with van der Waals surface area (Å²) in [5.41, 5.74) is 7.66. The van der Waals surface area contributed by atoms with E-state index in [0.29, 0.717) is 5.56 Å². The number of methoxy groups -OCH3 is 1. The highest BCUT2D eigenvalue weighted by atomic mass is 19.1. The summed E-state index contributed by atoms with van der Waals surface area (Å²) in [6.45, 7) is 2.09. The molecule has 0 aliphatic rings. The molecule has 2 rings (SSSR count). The van der Waals surface area contributed by atoms with Crippen LogP contribution in [0, 0.1) is 5.82 Å². The van der Waals surface area contributed by atoms with Gasteiger partial charge < -0.3 is 15.2 Å². The number of nitrogens with two attached hydrogens (primary N) is 1. The zero-order chi connectivity index (χ0) is 15.2. The molecule has 0 heterocycles. The summed E-state index contributed by atoms with van der Waals surface area (Å²) < 4.78 is 24.3. The summed E-state index contributed by atoms with van der Waals surface area (Å²) in [5.74, 6) is 0.522. The lowest BCUT2D eigenvalue weighted by Gasteiger charge is -2.21. The fourth-order valence-corrected chi connectivity index (χ4v) is 2.04. The van der Waals surface area contributed by atoms with Crippen LogP contribution < -0.4 is 10.5 Å². The van der Waals surface area contributed by atoms with Crippen molar-refractivity contribution in [2.24, 2.45) is 5.73 Å². The van der Waals surface area contributed by atoms with E-state index >= 15 is 0 Å². The Bertz CT molecular complexity index is 571. The Balaban J connectivity index is 1.95. The molecule has 2 aromatic rings. The lowest BCUT2D eigenvalue weighted by atomic mass is 10.0. The van der Waals surface area contributed by atoms with Gasteiger partial charge in [-0.05, 0) is 30.7 Å². The molecule has 2 atom stereocenters. The highest BCUT2D eigenvalue weighted by molar-refractivity contribution is 5.29. The molecule has 0 spiro atoms. The second-order valence-corrected chi connectivity index (χ2v) is 4.91. The number of halogens is 1. The van der Waals surface area contributed by atoms with Gasteiger partial charge in [-0.3, -0.25) is 0 Å². The van der Waals surface area contributed by atoms with E-state index in [-0.39, 0.29) is 24.6 Å². The van der Waals surface area contributed by atoms with Gasteiger partial charge in [0.25, 0.3) is 0 Å². The maximum Gasteiger partial charge on any atom is 0.128 e. The number of ether oxygens (including phenoxy) is 2. The van der Waals surface area contributed by atoms with Crippen LogP contribution in [-0.4, -0.2) is 13.2 Å². The van der Waals surface area contributed by atoms with Crippen LogP contribution in [0.1, 0.15) is 24.1 Å². The van der Waals surface area contributed by atoms with E-state index in [9.17, 15) is 4.39 Å². The van der Waals surface area contributed by atoms with Gasteiger partial charge in [-0.25, -0.2) is 4.39 Å². The first-order chi connectivity index (χ1) is 10.1. The first-order valence-corrected chi connectivity index (χ1v) is 6.86. The van der Waals surface area contributed by atoms with Gasteiger partial charge in [-0.2, -0.15) is 0 Å². The van der Waals surface area contributed by atoms with Crippen LogP contribution in [0.3, 0.4) is 0 Å². The molecule has 21 heavy (non-hydrogen) atoms. The van der Waals surface area contributed by atoms with Crippen LogP contribution in [0.5, 0.6) is 5.75 Å². The van der Waals surface area contributed by atoms with Crippen molar-refractivity contribution < 1.29 is 13.9 Å². The van der Waals surface area contributed by atoms with Crippen molar-refractivity contribution >= 4 is 0 Å². The molecule has 0 amide bonds. The second-order valence-electron chi connectivity index (χ2n) is 4.91. The van der Waals surface area contributed by atoms with Gasteiger partial charge in [0.15, 0.2) is 0 Å². The van der Waals surface area contributed by atoms with Gasteiger partial charge in [-0.1, -0.05) is 30.3 Å². The fraction of sp³-hybridized carbons (Fsp3) is 0.294. The number of hydrogen-bond acceptors (Lipinski definition) is 3. The maximum atomic E-state index is 13.5. The third-order valence-electron chi connectivity index (χ3n) is 3.47. The summed E-state index contributed by atoms with van der Waals surface area (Å²) in [7, 11) is 1.62. The molecule has 0 radical (unpaired) electrons. The van der Waals surface area contributed by atoms with Crippen LogP contribution in [0.4, 0.5) is 4.39 Å². The molecular formula is C17H20FNO2. The minimum absolute atomic E-state index is 0.206. The van der Waals surface area contributed by atoms with Crippen LogP contribution >= 0.6 is 0 Å². The van der Waals surface area contributed by atoms with E-state index < -0.39 is 0 Å². The normalized spacial score (nSPS) is 13.7. The van der Waals surface area contributed by atoms with E-state index in [0.717, 1.165) is 11.3 Å². The standard InChI is InChI=1S/C17H20FNO2/c1-12(21-11-14-5-3-4-6-16(14)18)17(19)13-7-9-15(20-2)10-8-13/h3-10,12,17H,11,19H2,1-2H3. The number of hydrogen-bond donors (Lipinski definition) is 1. The van der Waals surface area contributed by atoms with Crippen LogP contribution in [-0.2, 0) is 11.3 Å². The topological polar surface area (TPSA) is 44.5 Å². The van der Waals surface area contributed by atoms with Crippen molar-refractivity contribution in [3.63, 3.8) is 0 Å². The minimum atomic E-state index is -0.275. The molecule has 0 aliphatic carbocycles.